The number of benzene rings is 2. The second kappa shape index (κ2) is 10.8. The van der Waals surface area contributed by atoms with E-state index >= 15 is 0 Å². The van der Waals surface area contributed by atoms with Crippen molar-refractivity contribution in [3.63, 3.8) is 0 Å². The van der Waals surface area contributed by atoms with E-state index in [9.17, 15) is 18.0 Å². The van der Waals surface area contributed by atoms with Gasteiger partial charge in [0, 0.05) is 17.1 Å². The second-order valence-electron chi connectivity index (χ2n) is 9.52. The lowest BCUT2D eigenvalue weighted by molar-refractivity contribution is -0.140. The third kappa shape index (κ3) is 7.21. The van der Waals surface area contributed by atoms with E-state index in [0.29, 0.717) is 16.3 Å². The molecule has 34 heavy (non-hydrogen) atoms. The molecule has 0 heterocycles. The fourth-order valence-electron chi connectivity index (χ4n) is 3.47. The summed E-state index contributed by atoms with van der Waals surface area (Å²) < 4.78 is 26.5. The Morgan fingerprint density at radius 1 is 1.06 bits per heavy atom. The Hall–Kier alpha value is -2.58. The van der Waals surface area contributed by atoms with Gasteiger partial charge in [0.25, 0.3) is 0 Å². The van der Waals surface area contributed by atoms with Gasteiger partial charge in [-0.25, -0.2) is 8.42 Å². The first-order chi connectivity index (χ1) is 15.6. The number of nitrogens with zero attached hydrogens (tertiary/aromatic N) is 2. The maximum atomic E-state index is 13.6. The van der Waals surface area contributed by atoms with E-state index in [1.807, 2.05) is 40.7 Å². The van der Waals surface area contributed by atoms with Crippen molar-refractivity contribution < 1.29 is 18.0 Å². The molecule has 2 rings (SSSR count). The number of carbonyl (C=O) groups is 2. The smallest absolute Gasteiger partial charge is 0.244 e. The molecular formula is C25H34ClN3O4S. The molecule has 9 heteroatoms. The van der Waals surface area contributed by atoms with Gasteiger partial charge in [-0.1, -0.05) is 41.9 Å². The molecule has 0 aliphatic carbocycles. The topological polar surface area (TPSA) is 86.8 Å². The fraction of sp³-hybridized carbons (Fsp3) is 0.440. The maximum absolute atomic E-state index is 13.6. The molecule has 0 unspecified atom stereocenters. The minimum atomic E-state index is -3.78. The molecule has 2 amide bonds. The molecule has 0 spiro atoms. The standard InChI is InChI=1S/C25H34ClN3O4S/c1-17-11-10-14-22(18(17)2)29(34(7,32)33)16-23(30)28(15-20-12-8-9-13-21(20)26)19(3)24(31)27-25(4,5)6/h8-14,19H,15-16H2,1-7H3,(H,27,31)/t19-/m1/s1. The zero-order valence-corrected chi connectivity index (χ0v) is 22.4. The predicted octanol–water partition coefficient (Wildman–Crippen LogP) is 4.05. The van der Waals surface area contributed by atoms with Crippen molar-refractivity contribution in [3.8, 4) is 0 Å². The Bertz CT molecular complexity index is 1160. The highest BCUT2D eigenvalue weighted by Crippen LogP contribution is 2.26. The van der Waals surface area contributed by atoms with Crippen LogP contribution in [0.5, 0.6) is 0 Å². The first-order valence-electron chi connectivity index (χ1n) is 11.0. The first kappa shape index (κ1) is 27.7. The lowest BCUT2D eigenvalue weighted by atomic mass is 10.1. The van der Waals surface area contributed by atoms with E-state index in [2.05, 4.69) is 5.32 Å². The predicted molar refractivity (Wildman–Crippen MR) is 137 cm³/mol. The van der Waals surface area contributed by atoms with Crippen LogP contribution >= 0.6 is 11.6 Å². The molecule has 0 saturated heterocycles. The molecule has 0 aromatic heterocycles. The normalized spacial score (nSPS) is 12.7. The number of halogens is 1. The lowest BCUT2D eigenvalue weighted by Crippen LogP contribution is -2.54. The molecule has 0 bridgehead atoms. The van der Waals surface area contributed by atoms with Crippen molar-refractivity contribution in [3.05, 3.63) is 64.2 Å². The van der Waals surface area contributed by atoms with Gasteiger partial charge in [-0.2, -0.15) is 0 Å². The van der Waals surface area contributed by atoms with Gasteiger partial charge in [0.05, 0.1) is 11.9 Å². The molecule has 7 nitrogen and oxygen atoms in total. The number of hydrogen-bond donors (Lipinski definition) is 1. The fourth-order valence-corrected chi connectivity index (χ4v) is 4.56. The number of rotatable bonds is 8. The molecule has 0 aliphatic rings. The minimum absolute atomic E-state index is 0.0572. The zero-order chi connectivity index (χ0) is 25.8. The van der Waals surface area contributed by atoms with Gasteiger partial charge in [0.1, 0.15) is 12.6 Å². The molecular weight excluding hydrogens is 474 g/mol. The molecule has 1 atom stereocenters. The van der Waals surface area contributed by atoms with Crippen molar-refractivity contribution in [2.24, 2.45) is 0 Å². The minimum Gasteiger partial charge on any atom is -0.350 e. The van der Waals surface area contributed by atoms with Crippen LogP contribution in [0.3, 0.4) is 0 Å². The summed E-state index contributed by atoms with van der Waals surface area (Å²) in [4.78, 5) is 27.9. The van der Waals surface area contributed by atoms with Crippen molar-refractivity contribution in [1.29, 1.82) is 0 Å². The number of sulfonamides is 1. The molecule has 1 N–H and O–H groups in total. The Kier molecular flexibility index (Phi) is 8.77. The van der Waals surface area contributed by atoms with E-state index in [1.54, 1.807) is 43.3 Å². The summed E-state index contributed by atoms with van der Waals surface area (Å²) in [5.41, 5.74) is 2.26. The van der Waals surface area contributed by atoms with E-state index in [0.717, 1.165) is 21.7 Å². The highest BCUT2D eigenvalue weighted by Gasteiger charge is 2.32. The molecule has 0 radical (unpaired) electrons. The highest BCUT2D eigenvalue weighted by molar-refractivity contribution is 7.92. The number of amides is 2. The molecule has 0 fully saturated rings. The third-order valence-electron chi connectivity index (χ3n) is 5.49. The van der Waals surface area contributed by atoms with Gasteiger partial charge in [0.15, 0.2) is 0 Å². The SMILES string of the molecule is Cc1cccc(N(CC(=O)N(Cc2ccccc2Cl)[C@H](C)C(=O)NC(C)(C)C)S(C)(=O)=O)c1C. The zero-order valence-electron chi connectivity index (χ0n) is 20.8. The monoisotopic (exact) mass is 507 g/mol. The van der Waals surface area contributed by atoms with Crippen LogP contribution in [-0.4, -0.2) is 49.5 Å². The Morgan fingerprint density at radius 3 is 2.24 bits per heavy atom. The van der Waals surface area contributed by atoms with Crippen LogP contribution in [0, 0.1) is 13.8 Å². The van der Waals surface area contributed by atoms with Gasteiger partial charge in [-0.15, -0.1) is 0 Å². The largest absolute Gasteiger partial charge is 0.350 e. The van der Waals surface area contributed by atoms with Gasteiger partial charge >= 0.3 is 0 Å². The number of hydrogen-bond acceptors (Lipinski definition) is 4. The molecule has 186 valence electrons. The van der Waals surface area contributed by atoms with Gasteiger partial charge < -0.3 is 10.2 Å². The van der Waals surface area contributed by atoms with Crippen molar-refractivity contribution in [1.82, 2.24) is 10.2 Å². The summed E-state index contributed by atoms with van der Waals surface area (Å²) in [6.07, 6.45) is 1.07. The summed E-state index contributed by atoms with van der Waals surface area (Å²) >= 11 is 6.33. The number of nitrogens with one attached hydrogen (secondary N) is 1. The number of anilines is 1. The maximum Gasteiger partial charge on any atom is 0.244 e. The van der Waals surface area contributed by atoms with Gasteiger partial charge in [-0.3, -0.25) is 13.9 Å². The number of carbonyl (C=O) groups excluding carboxylic acids is 2. The summed E-state index contributed by atoms with van der Waals surface area (Å²) in [5, 5.41) is 3.35. The molecule has 2 aromatic rings. The summed E-state index contributed by atoms with van der Waals surface area (Å²) in [5.74, 6) is -0.853. The lowest BCUT2D eigenvalue weighted by Gasteiger charge is -2.33. The summed E-state index contributed by atoms with van der Waals surface area (Å²) in [7, 11) is -3.78. The van der Waals surface area contributed by atoms with Crippen LogP contribution < -0.4 is 9.62 Å². The van der Waals surface area contributed by atoms with Crippen LogP contribution in [0.4, 0.5) is 5.69 Å². The Labute approximate surface area is 208 Å². The van der Waals surface area contributed by atoms with Crippen LogP contribution in [0.25, 0.3) is 0 Å². The molecule has 2 aromatic carbocycles. The van der Waals surface area contributed by atoms with Crippen LogP contribution in [0.2, 0.25) is 5.02 Å². The van der Waals surface area contributed by atoms with E-state index in [-0.39, 0.29) is 12.5 Å². The van der Waals surface area contributed by atoms with Gasteiger partial charge in [-0.05, 0) is 70.4 Å². The van der Waals surface area contributed by atoms with Crippen molar-refractivity contribution >= 4 is 39.1 Å². The van der Waals surface area contributed by atoms with Crippen LogP contribution in [-0.2, 0) is 26.2 Å². The average molecular weight is 508 g/mol. The summed E-state index contributed by atoms with van der Waals surface area (Å²) in [6, 6.07) is 11.5. The highest BCUT2D eigenvalue weighted by atomic mass is 35.5. The average Bonchev–Trinajstić information content (AvgIpc) is 2.71. The Balaban J connectivity index is 2.47. The summed E-state index contributed by atoms with van der Waals surface area (Å²) in [6.45, 7) is 10.5. The van der Waals surface area contributed by atoms with Gasteiger partial charge in [0.2, 0.25) is 21.8 Å². The van der Waals surface area contributed by atoms with Crippen LogP contribution in [0.1, 0.15) is 44.4 Å². The molecule has 0 aliphatic heterocycles. The quantitative estimate of drug-likeness (QED) is 0.583. The Morgan fingerprint density at radius 2 is 1.68 bits per heavy atom. The van der Waals surface area contributed by atoms with Crippen molar-refractivity contribution in [2.45, 2.75) is 59.7 Å². The van der Waals surface area contributed by atoms with E-state index < -0.39 is 34.1 Å². The second-order valence-corrected chi connectivity index (χ2v) is 11.8. The third-order valence-corrected chi connectivity index (χ3v) is 6.98. The first-order valence-corrected chi connectivity index (χ1v) is 13.2. The van der Waals surface area contributed by atoms with Crippen molar-refractivity contribution in [2.75, 3.05) is 17.1 Å². The number of aryl methyl sites for hydroxylation is 1. The van der Waals surface area contributed by atoms with Crippen LogP contribution in [0.15, 0.2) is 42.5 Å². The molecule has 0 saturated carbocycles. The van der Waals surface area contributed by atoms with E-state index in [1.165, 1.54) is 4.90 Å². The van der Waals surface area contributed by atoms with E-state index in [4.69, 9.17) is 11.6 Å².